The molecule has 1 N–H and O–H groups in total. The van der Waals surface area contributed by atoms with E-state index in [-0.39, 0.29) is 17.4 Å². The molecule has 2 nitrogen and oxygen atoms in total. The topological polar surface area (TPSA) is 15.3 Å². The molecule has 2 unspecified atom stereocenters. The minimum Gasteiger partial charge on any atom is -0.315 e. The predicted octanol–water partition coefficient (Wildman–Crippen LogP) is 3.87. The highest BCUT2D eigenvalue weighted by atomic mass is 35.5. The molecular weight excluding hydrogens is 287 g/mol. The zero-order valence-electron chi connectivity index (χ0n) is 13.3. The van der Waals surface area contributed by atoms with Crippen molar-refractivity contribution in [3.05, 3.63) is 34.6 Å². The average molecular weight is 313 g/mol. The van der Waals surface area contributed by atoms with Crippen LogP contribution in [-0.4, -0.2) is 36.6 Å². The summed E-state index contributed by atoms with van der Waals surface area (Å²) in [5.41, 5.74) is 0.737. The first kappa shape index (κ1) is 16.7. The molecule has 1 aromatic rings. The Morgan fingerprint density at radius 1 is 1.38 bits per heavy atom. The van der Waals surface area contributed by atoms with Crippen LogP contribution in [0.3, 0.4) is 0 Å². The summed E-state index contributed by atoms with van der Waals surface area (Å²) in [4.78, 5) is 2.55. The Balaban J connectivity index is 2.22. The molecule has 0 amide bonds. The van der Waals surface area contributed by atoms with E-state index in [0.29, 0.717) is 17.0 Å². The second kappa shape index (κ2) is 7.08. The van der Waals surface area contributed by atoms with E-state index in [9.17, 15) is 4.39 Å². The summed E-state index contributed by atoms with van der Waals surface area (Å²) in [6, 6.07) is 5.02. The van der Waals surface area contributed by atoms with Crippen molar-refractivity contribution in [2.75, 3.05) is 20.1 Å². The number of likely N-dealkylation sites (tertiary alicyclic amines) is 1. The van der Waals surface area contributed by atoms with Crippen molar-refractivity contribution in [1.82, 2.24) is 10.2 Å². The quantitative estimate of drug-likeness (QED) is 0.857. The van der Waals surface area contributed by atoms with Gasteiger partial charge in [0.05, 0.1) is 0 Å². The van der Waals surface area contributed by atoms with Crippen LogP contribution in [0.2, 0.25) is 5.02 Å². The molecule has 0 bridgehead atoms. The fourth-order valence-electron chi connectivity index (χ4n) is 3.47. The largest absolute Gasteiger partial charge is 0.315 e. The van der Waals surface area contributed by atoms with Gasteiger partial charge < -0.3 is 5.32 Å². The summed E-state index contributed by atoms with van der Waals surface area (Å²) < 4.78 is 14.0. The molecule has 0 aliphatic carbocycles. The molecule has 1 heterocycles. The maximum absolute atomic E-state index is 14.0. The maximum atomic E-state index is 14.0. The highest BCUT2D eigenvalue weighted by Crippen LogP contribution is 2.30. The normalized spacial score (nSPS) is 20.4. The fraction of sp³-hybridized carbons (Fsp3) is 0.647. The van der Waals surface area contributed by atoms with Gasteiger partial charge in [-0.15, -0.1) is 0 Å². The third-order valence-corrected chi connectivity index (χ3v) is 5.31. The summed E-state index contributed by atoms with van der Waals surface area (Å²) in [5, 5.41) is 4.01. The Kier molecular flexibility index (Phi) is 5.64. The van der Waals surface area contributed by atoms with Crippen molar-refractivity contribution < 1.29 is 4.39 Å². The Labute approximate surface area is 132 Å². The second-order valence-corrected chi connectivity index (χ2v) is 6.62. The molecule has 0 spiro atoms. The number of halogens is 2. The Hall–Kier alpha value is -0.640. The van der Waals surface area contributed by atoms with Crippen LogP contribution in [0, 0.1) is 5.82 Å². The van der Waals surface area contributed by atoms with Gasteiger partial charge in [0.25, 0.3) is 0 Å². The van der Waals surface area contributed by atoms with E-state index in [1.807, 2.05) is 7.05 Å². The van der Waals surface area contributed by atoms with Gasteiger partial charge in [0.2, 0.25) is 0 Å². The first-order valence-electron chi connectivity index (χ1n) is 7.87. The zero-order valence-corrected chi connectivity index (χ0v) is 14.0. The van der Waals surface area contributed by atoms with Crippen LogP contribution in [-0.2, 0) is 6.42 Å². The molecule has 1 aliphatic heterocycles. The minimum atomic E-state index is -0.167. The number of likely N-dealkylation sites (N-methyl/N-ethyl adjacent to an activating group) is 1. The predicted molar refractivity (Wildman–Crippen MR) is 87.5 cm³/mol. The van der Waals surface area contributed by atoms with Gasteiger partial charge >= 0.3 is 0 Å². The van der Waals surface area contributed by atoms with Gasteiger partial charge in [-0.1, -0.05) is 18.5 Å². The zero-order chi connectivity index (χ0) is 15.5. The van der Waals surface area contributed by atoms with E-state index in [1.54, 1.807) is 12.1 Å². The van der Waals surface area contributed by atoms with Crippen molar-refractivity contribution in [3.63, 3.8) is 0 Å². The van der Waals surface area contributed by atoms with Crippen molar-refractivity contribution in [3.8, 4) is 0 Å². The van der Waals surface area contributed by atoms with E-state index in [2.05, 4.69) is 24.1 Å². The van der Waals surface area contributed by atoms with Gasteiger partial charge in [0.1, 0.15) is 5.82 Å². The summed E-state index contributed by atoms with van der Waals surface area (Å²) in [7, 11) is 1.97. The molecule has 2 atom stereocenters. The third-order valence-electron chi connectivity index (χ3n) is 5.08. The number of hydrogen-bond acceptors (Lipinski definition) is 2. The Morgan fingerprint density at radius 3 is 2.62 bits per heavy atom. The summed E-state index contributed by atoms with van der Waals surface area (Å²) in [6.07, 6.45) is 4.22. The standard InChI is InChI=1S/C17H26ClFN2/c1-4-17(2,21-9-5-6-10-21)16(20-3)12-13-11-14(18)7-8-15(13)19/h7-8,11,16,20H,4-6,9-10,12H2,1-3H3. The molecule has 2 rings (SSSR count). The van der Waals surface area contributed by atoms with E-state index in [0.717, 1.165) is 19.5 Å². The molecule has 1 aliphatic rings. The SMILES string of the molecule is CCC(C)(C(Cc1cc(Cl)ccc1F)NC)N1CCCC1. The molecule has 118 valence electrons. The first-order valence-corrected chi connectivity index (χ1v) is 8.25. The van der Waals surface area contributed by atoms with Crippen LogP contribution in [0.1, 0.15) is 38.7 Å². The summed E-state index contributed by atoms with van der Waals surface area (Å²) >= 11 is 6.02. The molecule has 1 fully saturated rings. The fourth-order valence-corrected chi connectivity index (χ4v) is 3.67. The number of rotatable bonds is 6. The van der Waals surface area contributed by atoms with Crippen molar-refractivity contribution in [2.45, 2.75) is 51.1 Å². The van der Waals surface area contributed by atoms with Gasteiger partial charge in [-0.05, 0) is 76.5 Å². The molecule has 21 heavy (non-hydrogen) atoms. The first-order chi connectivity index (χ1) is 10.0. The number of benzene rings is 1. The Bertz CT molecular complexity index is 474. The molecule has 0 aromatic heterocycles. The smallest absolute Gasteiger partial charge is 0.126 e. The number of nitrogens with zero attached hydrogens (tertiary/aromatic N) is 1. The maximum Gasteiger partial charge on any atom is 0.126 e. The molecular formula is C17H26ClFN2. The van der Waals surface area contributed by atoms with E-state index >= 15 is 0 Å². The van der Waals surface area contributed by atoms with Gasteiger partial charge in [-0.25, -0.2) is 4.39 Å². The van der Waals surface area contributed by atoms with Crippen LogP contribution >= 0.6 is 11.6 Å². The molecule has 0 radical (unpaired) electrons. The summed E-state index contributed by atoms with van der Waals surface area (Å²) in [5.74, 6) is -0.167. The number of hydrogen-bond donors (Lipinski definition) is 1. The van der Waals surface area contributed by atoms with E-state index in [4.69, 9.17) is 11.6 Å². The van der Waals surface area contributed by atoms with Crippen LogP contribution in [0.4, 0.5) is 4.39 Å². The van der Waals surface area contributed by atoms with Crippen molar-refractivity contribution in [1.29, 1.82) is 0 Å². The lowest BCUT2D eigenvalue weighted by Gasteiger charge is -2.44. The molecule has 1 aromatic carbocycles. The number of nitrogens with one attached hydrogen (secondary N) is 1. The molecule has 1 saturated heterocycles. The van der Waals surface area contributed by atoms with Gasteiger partial charge in [0.15, 0.2) is 0 Å². The molecule has 0 saturated carbocycles. The van der Waals surface area contributed by atoms with Crippen LogP contribution in [0.25, 0.3) is 0 Å². The van der Waals surface area contributed by atoms with Crippen LogP contribution < -0.4 is 5.32 Å². The molecule has 4 heteroatoms. The monoisotopic (exact) mass is 312 g/mol. The third kappa shape index (κ3) is 3.58. The van der Waals surface area contributed by atoms with Crippen LogP contribution in [0.15, 0.2) is 18.2 Å². The van der Waals surface area contributed by atoms with Crippen molar-refractivity contribution >= 4 is 11.6 Å². The lowest BCUT2D eigenvalue weighted by Crippen LogP contribution is -2.58. The highest BCUT2D eigenvalue weighted by molar-refractivity contribution is 6.30. The lowest BCUT2D eigenvalue weighted by molar-refractivity contribution is 0.0870. The minimum absolute atomic E-state index is 0.0417. The second-order valence-electron chi connectivity index (χ2n) is 6.19. The van der Waals surface area contributed by atoms with Gasteiger partial charge in [-0.3, -0.25) is 4.90 Å². The van der Waals surface area contributed by atoms with Gasteiger partial charge in [0, 0.05) is 16.6 Å². The van der Waals surface area contributed by atoms with Crippen molar-refractivity contribution in [2.24, 2.45) is 0 Å². The average Bonchev–Trinajstić information content (AvgIpc) is 3.02. The Morgan fingerprint density at radius 2 is 2.05 bits per heavy atom. The van der Waals surface area contributed by atoms with E-state index < -0.39 is 0 Å². The van der Waals surface area contributed by atoms with Crippen LogP contribution in [0.5, 0.6) is 0 Å². The highest BCUT2D eigenvalue weighted by Gasteiger charge is 2.38. The lowest BCUT2D eigenvalue weighted by atomic mass is 9.83. The van der Waals surface area contributed by atoms with Gasteiger partial charge in [-0.2, -0.15) is 0 Å². The van der Waals surface area contributed by atoms with E-state index in [1.165, 1.54) is 18.9 Å². The summed E-state index contributed by atoms with van der Waals surface area (Å²) in [6.45, 7) is 6.79.